The Kier molecular flexibility index (Phi) is 4.39. The zero-order chi connectivity index (χ0) is 13.0. The summed E-state index contributed by atoms with van der Waals surface area (Å²) in [6, 6.07) is 9.99. The lowest BCUT2D eigenvalue weighted by Gasteiger charge is -2.18. The van der Waals surface area contributed by atoms with Crippen LogP contribution in [0.25, 0.3) is 0 Å². The second kappa shape index (κ2) is 6.03. The van der Waals surface area contributed by atoms with Crippen molar-refractivity contribution in [3.63, 3.8) is 0 Å². The number of aromatic nitrogens is 2. The van der Waals surface area contributed by atoms with Crippen molar-refractivity contribution in [2.45, 2.75) is 19.4 Å². The molecule has 1 heterocycles. The van der Waals surface area contributed by atoms with Gasteiger partial charge in [0.15, 0.2) is 0 Å². The van der Waals surface area contributed by atoms with E-state index >= 15 is 0 Å². The second-order valence-corrected chi connectivity index (χ2v) is 4.73. The largest absolute Gasteiger partial charge is 0.305 e. The summed E-state index contributed by atoms with van der Waals surface area (Å²) < 4.78 is 1.81. The zero-order valence-corrected chi connectivity index (χ0v) is 11.5. The number of hydrogen-bond acceptors (Lipinski definition) is 2. The fourth-order valence-corrected chi connectivity index (χ4v) is 2.20. The minimum atomic E-state index is 0.0554. The molecule has 0 saturated carbocycles. The fraction of sp³-hybridized carbons (Fsp3) is 0.357. The van der Waals surface area contributed by atoms with Gasteiger partial charge in [-0.15, -0.1) is 0 Å². The summed E-state index contributed by atoms with van der Waals surface area (Å²) >= 11 is 6.28. The van der Waals surface area contributed by atoms with Gasteiger partial charge in [0.25, 0.3) is 0 Å². The first-order chi connectivity index (χ1) is 8.72. The Morgan fingerprint density at radius 2 is 2.11 bits per heavy atom. The quantitative estimate of drug-likeness (QED) is 0.898. The molecule has 2 rings (SSSR count). The van der Waals surface area contributed by atoms with E-state index in [0.29, 0.717) is 0 Å². The number of benzene rings is 1. The minimum absolute atomic E-state index is 0.0554. The third-order valence-electron chi connectivity index (χ3n) is 2.84. The molecule has 1 atom stereocenters. The lowest BCUT2D eigenvalue weighted by molar-refractivity contribution is 0.575. The molecule has 0 fully saturated rings. The molecule has 1 N–H and O–H groups in total. The standard InChI is InChI=1S/C14H18ClN3/c1-3-9-16-14(13-8-10-18(2)17-13)11-6-4-5-7-12(11)15/h4-8,10,14,16H,3,9H2,1-2H3. The van der Waals surface area contributed by atoms with Crippen LogP contribution in [-0.2, 0) is 7.05 Å². The molecular formula is C14H18ClN3. The topological polar surface area (TPSA) is 29.9 Å². The Bertz CT molecular complexity index is 507. The van der Waals surface area contributed by atoms with Gasteiger partial charge in [-0.05, 0) is 30.7 Å². The molecule has 2 aromatic rings. The van der Waals surface area contributed by atoms with Gasteiger partial charge in [-0.2, -0.15) is 5.10 Å². The fourth-order valence-electron chi connectivity index (χ4n) is 1.96. The molecule has 1 unspecified atom stereocenters. The SMILES string of the molecule is CCCNC(c1ccn(C)n1)c1ccccc1Cl. The van der Waals surface area contributed by atoms with E-state index in [4.69, 9.17) is 11.6 Å². The average Bonchev–Trinajstić information content (AvgIpc) is 2.78. The monoisotopic (exact) mass is 263 g/mol. The molecule has 0 spiro atoms. The van der Waals surface area contributed by atoms with Crippen LogP contribution < -0.4 is 5.32 Å². The number of aryl methyl sites for hydroxylation is 1. The third-order valence-corrected chi connectivity index (χ3v) is 3.19. The molecule has 4 heteroatoms. The van der Waals surface area contributed by atoms with Crippen molar-refractivity contribution in [1.82, 2.24) is 15.1 Å². The van der Waals surface area contributed by atoms with Gasteiger partial charge in [0.1, 0.15) is 0 Å². The minimum Gasteiger partial charge on any atom is -0.305 e. The Labute approximate surface area is 113 Å². The highest BCUT2D eigenvalue weighted by Gasteiger charge is 2.18. The van der Waals surface area contributed by atoms with Gasteiger partial charge in [-0.3, -0.25) is 4.68 Å². The van der Waals surface area contributed by atoms with Crippen LogP contribution in [-0.4, -0.2) is 16.3 Å². The van der Waals surface area contributed by atoms with E-state index < -0.39 is 0 Å². The summed E-state index contributed by atoms with van der Waals surface area (Å²) in [6.45, 7) is 3.08. The molecule has 0 radical (unpaired) electrons. The molecule has 18 heavy (non-hydrogen) atoms. The highest BCUT2D eigenvalue weighted by molar-refractivity contribution is 6.31. The lowest BCUT2D eigenvalue weighted by atomic mass is 10.0. The molecule has 96 valence electrons. The van der Waals surface area contributed by atoms with Crippen molar-refractivity contribution < 1.29 is 0 Å². The van der Waals surface area contributed by atoms with Crippen LogP contribution in [0.2, 0.25) is 5.02 Å². The van der Waals surface area contributed by atoms with Gasteiger partial charge < -0.3 is 5.32 Å². The van der Waals surface area contributed by atoms with Gasteiger partial charge in [0.2, 0.25) is 0 Å². The van der Waals surface area contributed by atoms with E-state index in [-0.39, 0.29) is 6.04 Å². The normalized spacial score (nSPS) is 12.6. The molecule has 0 amide bonds. The van der Waals surface area contributed by atoms with Crippen LogP contribution in [0.3, 0.4) is 0 Å². The summed E-state index contributed by atoms with van der Waals surface area (Å²) in [6.07, 6.45) is 3.03. The lowest BCUT2D eigenvalue weighted by Crippen LogP contribution is -2.24. The third kappa shape index (κ3) is 2.92. The number of nitrogens with zero attached hydrogens (tertiary/aromatic N) is 2. The maximum absolute atomic E-state index is 6.28. The van der Waals surface area contributed by atoms with Crippen LogP contribution in [0.1, 0.15) is 30.6 Å². The molecule has 0 bridgehead atoms. The Morgan fingerprint density at radius 3 is 2.72 bits per heavy atom. The van der Waals surface area contributed by atoms with E-state index in [2.05, 4.69) is 17.3 Å². The Hall–Kier alpha value is -1.32. The van der Waals surface area contributed by atoms with Gasteiger partial charge in [0, 0.05) is 18.3 Å². The van der Waals surface area contributed by atoms with Crippen molar-refractivity contribution in [2.24, 2.45) is 7.05 Å². The van der Waals surface area contributed by atoms with Gasteiger partial charge >= 0.3 is 0 Å². The number of nitrogens with one attached hydrogen (secondary N) is 1. The first-order valence-corrected chi connectivity index (χ1v) is 6.57. The van der Waals surface area contributed by atoms with E-state index in [1.807, 2.05) is 48.3 Å². The second-order valence-electron chi connectivity index (χ2n) is 4.32. The maximum Gasteiger partial charge on any atom is 0.0839 e. The predicted octanol–water partition coefficient (Wildman–Crippen LogP) is 3.16. The first-order valence-electron chi connectivity index (χ1n) is 6.19. The molecule has 1 aromatic heterocycles. The summed E-state index contributed by atoms with van der Waals surface area (Å²) in [5.74, 6) is 0. The Balaban J connectivity index is 2.33. The van der Waals surface area contributed by atoms with Crippen molar-refractivity contribution in [1.29, 1.82) is 0 Å². The van der Waals surface area contributed by atoms with E-state index in [9.17, 15) is 0 Å². The van der Waals surface area contributed by atoms with Crippen LogP contribution in [0.15, 0.2) is 36.5 Å². The first kappa shape index (κ1) is 13.1. The molecule has 3 nitrogen and oxygen atoms in total. The zero-order valence-electron chi connectivity index (χ0n) is 10.7. The molecule has 1 aromatic carbocycles. The molecule has 0 aliphatic rings. The number of hydrogen-bond donors (Lipinski definition) is 1. The number of rotatable bonds is 5. The maximum atomic E-state index is 6.28. The average molecular weight is 264 g/mol. The van der Waals surface area contributed by atoms with Gasteiger partial charge in [0.05, 0.1) is 11.7 Å². The molecule has 0 aliphatic heterocycles. The molecule has 0 saturated heterocycles. The van der Waals surface area contributed by atoms with Gasteiger partial charge in [-0.25, -0.2) is 0 Å². The van der Waals surface area contributed by atoms with E-state index in [1.54, 1.807) is 0 Å². The molecule has 0 aliphatic carbocycles. The van der Waals surface area contributed by atoms with E-state index in [0.717, 1.165) is 29.2 Å². The van der Waals surface area contributed by atoms with Crippen LogP contribution in [0.5, 0.6) is 0 Å². The van der Waals surface area contributed by atoms with Gasteiger partial charge in [-0.1, -0.05) is 36.7 Å². The summed E-state index contributed by atoms with van der Waals surface area (Å²) in [4.78, 5) is 0. The summed E-state index contributed by atoms with van der Waals surface area (Å²) in [5.41, 5.74) is 2.07. The van der Waals surface area contributed by atoms with Crippen LogP contribution in [0.4, 0.5) is 0 Å². The van der Waals surface area contributed by atoms with Crippen molar-refractivity contribution in [3.8, 4) is 0 Å². The highest BCUT2D eigenvalue weighted by atomic mass is 35.5. The van der Waals surface area contributed by atoms with Crippen molar-refractivity contribution in [3.05, 3.63) is 52.8 Å². The molecular weight excluding hydrogens is 246 g/mol. The van der Waals surface area contributed by atoms with Crippen molar-refractivity contribution >= 4 is 11.6 Å². The number of halogens is 1. The smallest absolute Gasteiger partial charge is 0.0839 e. The summed E-state index contributed by atoms with van der Waals surface area (Å²) in [7, 11) is 1.92. The van der Waals surface area contributed by atoms with Crippen molar-refractivity contribution in [2.75, 3.05) is 6.54 Å². The van der Waals surface area contributed by atoms with Crippen LogP contribution in [0, 0.1) is 0 Å². The Morgan fingerprint density at radius 1 is 1.33 bits per heavy atom. The predicted molar refractivity (Wildman–Crippen MR) is 74.8 cm³/mol. The van der Waals surface area contributed by atoms with Crippen LogP contribution >= 0.6 is 11.6 Å². The summed E-state index contributed by atoms with van der Waals surface area (Å²) in [5, 5.41) is 8.75. The highest BCUT2D eigenvalue weighted by Crippen LogP contribution is 2.27. The van der Waals surface area contributed by atoms with E-state index in [1.165, 1.54) is 0 Å².